The second kappa shape index (κ2) is 13.0. The van der Waals surface area contributed by atoms with E-state index >= 15 is 0 Å². The van der Waals surface area contributed by atoms with Crippen LogP contribution < -0.4 is 9.80 Å². The number of hydrogen-bond acceptors (Lipinski definition) is 4. The molecule has 1 heterocycles. The third kappa shape index (κ3) is 5.47. The van der Waals surface area contributed by atoms with Crippen LogP contribution in [0.3, 0.4) is 0 Å². The number of rotatable bonds is 6. The van der Waals surface area contributed by atoms with Gasteiger partial charge in [-0.05, 0) is 99.7 Å². The second-order valence-electron chi connectivity index (χ2n) is 13.6. The highest BCUT2D eigenvalue weighted by Crippen LogP contribution is 2.46. The molecule has 0 aliphatic heterocycles. The molecule has 0 radical (unpaired) electrons. The molecule has 0 aliphatic rings. The average Bonchev–Trinajstić information content (AvgIpc) is 3.62. The molecule has 9 aromatic carbocycles. The van der Waals surface area contributed by atoms with Crippen molar-refractivity contribution in [3.05, 3.63) is 199 Å². The minimum absolute atomic E-state index is 0.594. The summed E-state index contributed by atoms with van der Waals surface area (Å²) in [4.78, 5) is 8.09. The highest BCUT2D eigenvalue weighted by atomic mass is 16.3. The van der Waals surface area contributed by atoms with Gasteiger partial charge in [0.2, 0.25) is 0 Å². The van der Waals surface area contributed by atoms with Gasteiger partial charge < -0.3 is 14.2 Å². The molecule has 0 spiro atoms. The van der Waals surface area contributed by atoms with Crippen molar-refractivity contribution >= 4 is 94.1 Å². The van der Waals surface area contributed by atoms with Gasteiger partial charge in [0.15, 0.2) is 5.69 Å². The summed E-state index contributed by atoms with van der Waals surface area (Å²) in [6, 6.07) is 64.5. The number of hydrogen-bond donors (Lipinski definition) is 0. The van der Waals surface area contributed by atoms with E-state index in [1.54, 1.807) is 0 Å². The maximum atomic E-state index is 9.61. The Morgan fingerprint density at radius 3 is 1.64 bits per heavy atom. The lowest BCUT2D eigenvalue weighted by atomic mass is 10.00. The number of anilines is 6. The van der Waals surface area contributed by atoms with E-state index in [2.05, 4.69) is 154 Å². The number of benzene rings is 9. The summed E-state index contributed by atoms with van der Waals surface area (Å²) in [6.07, 6.45) is 0. The molecule has 10 rings (SSSR count). The summed E-state index contributed by atoms with van der Waals surface area (Å²) in [5.41, 5.74) is 8.55. The van der Waals surface area contributed by atoms with Crippen LogP contribution in [0, 0.1) is 17.9 Å². The van der Waals surface area contributed by atoms with Crippen molar-refractivity contribution in [2.75, 3.05) is 9.80 Å². The summed E-state index contributed by atoms with van der Waals surface area (Å²) < 4.78 is 6.86. The van der Waals surface area contributed by atoms with Crippen LogP contribution >= 0.6 is 0 Å². The number of fused-ring (bicyclic) bond motifs is 7. The molecule has 0 aliphatic carbocycles. The predicted molar refractivity (Wildman–Crippen MR) is 227 cm³/mol. The Labute approximate surface area is 317 Å². The molecule has 5 heteroatoms. The molecule has 5 nitrogen and oxygen atoms in total. The Balaban J connectivity index is 1.18. The molecule has 0 N–H and O–H groups in total. The molecule has 0 saturated heterocycles. The van der Waals surface area contributed by atoms with E-state index in [1.807, 2.05) is 48.5 Å². The minimum Gasteiger partial charge on any atom is -0.456 e. The fraction of sp³-hybridized carbons (Fsp3) is 0. The lowest BCUT2D eigenvalue weighted by Crippen LogP contribution is -2.10. The molecule has 256 valence electrons. The highest BCUT2D eigenvalue weighted by molar-refractivity contribution is 6.23. The normalized spacial score (nSPS) is 11.2. The van der Waals surface area contributed by atoms with Crippen LogP contribution in [0.2, 0.25) is 0 Å². The van der Waals surface area contributed by atoms with E-state index in [9.17, 15) is 5.26 Å². The van der Waals surface area contributed by atoms with Gasteiger partial charge in [0.05, 0.1) is 23.9 Å². The summed E-state index contributed by atoms with van der Waals surface area (Å²) in [6.45, 7) is 7.51. The Hall–Kier alpha value is -7.86. The van der Waals surface area contributed by atoms with Gasteiger partial charge in [-0.3, -0.25) is 0 Å². The fourth-order valence-electron chi connectivity index (χ4n) is 7.80. The lowest BCUT2D eigenvalue weighted by molar-refractivity contribution is 0.669. The molecule has 0 amide bonds. The number of furan rings is 1. The summed E-state index contributed by atoms with van der Waals surface area (Å²) in [5, 5.41) is 18.5. The zero-order valence-corrected chi connectivity index (χ0v) is 29.5. The molecular formula is C50H30N4O. The molecule has 0 saturated carbocycles. The van der Waals surface area contributed by atoms with Crippen molar-refractivity contribution in [1.82, 2.24) is 0 Å². The molecule has 0 unspecified atom stereocenters. The lowest BCUT2D eigenvalue weighted by Gasteiger charge is -2.27. The van der Waals surface area contributed by atoms with Gasteiger partial charge in [0.1, 0.15) is 11.2 Å². The topological polar surface area (TPSA) is 47.8 Å². The van der Waals surface area contributed by atoms with Gasteiger partial charge in [-0.2, -0.15) is 5.26 Å². The SMILES string of the molecule is [C-]#[N+]c1ccc(N(c2ccc3ccccc3c2)c2ccc3c(c2)oc2cc(N(c4ccc(C#N)cc4)c4ccc5ccccc5c4)c4ccccc4c23)cc1. The summed E-state index contributed by atoms with van der Waals surface area (Å²) in [7, 11) is 0. The minimum atomic E-state index is 0.594. The van der Waals surface area contributed by atoms with Crippen LogP contribution in [0.15, 0.2) is 186 Å². The third-order valence-electron chi connectivity index (χ3n) is 10.4. The van der Waals surface area contributed by atoms with Gasteiger partial charge in [-0.15, -0.1) is 0 Å². The predicted octanol–water partition coefficient (Wildman–Crippen LogP) is 14.4. The van der Waals surface area contributed by atoms with Gasteiger partial charge in [0.25, 0.3) is 0 Å². The smallest absolute Gasteiger partial charge is 0.187 e. The van der Waals surface area contributed by atoms with E-state index in [0.29, 0.717) is 11.3 Å². The first-order chi connectivity index (χ1) is 27.1. The van der Waals surface area contributed by atoms with Crippen molar-refractivity contribution in [1.29, 1.82) is 5.26 Å². The standard InChI is InChI=1S/C50H30N4O/c1-52-38-18-24-39(25-19-38)53(41-22-16-34-8-2-4-10-36(34)28-41)43-26-27-46-48(30-43)55-49-31-47(44-12-6-7-13-45(44)50(46)49)54(40-20-14-33(32-51)15-21-40)42-23-17-35-9-3-5-11-37(35)29-42/h2-31H. The molecule has 55 heavy (non-hydrogen) atoms. The maximum absolute atomic E-state index is 9.61. The van der Waals surface area contributed by atoms with Gasteiger partial charge >= 0.3 is 0 Å². The largest absolute Gasteiger partial charge is 0.456 e. The zero-order chi connectivity index (χ0) is 36.9. The van der Waals surface area contributed by atoms with Gasteiger partial charge in [-0.25, -0.2) is 4.85 Å². The Morgan fingerprint density at radius 1 is 0.455 bits per heavy atom. The molecule has 1 aromatic heterocycles. The van der Waals surface area contributed by atoms with Gasteiger partial charge in [0, 0.05) is 56.7 Å². The molecule has 10 aromatic rings. The average molecular weight is 703 g/mol. The quantitative estimate of drug-likeness (QED) is 0.162. The van der Waals surface area contributed by atoms with Crippen LogP contribution in [0.5, 0.6) is 0 Å². The zero-order valence-electron chi connectivity index (χ0n) is 29.5. The molecular weight excluding hydrogens is 673 g/mol. The third-order valence-corrected chi connectivity index (χ3v) is 10.4. The van der Waals surface area contributed by atoms with Crippen molar-refractivity contribution in [2.45, 2.75) is 0 Å². The van der Waals surface area contributed by atoms with E-state index in [-0.39, 0.29) is 0 Å². The van der Waals surface area contributed by atoms with E-state index < -0.39 is 0 Å². The van der Waals surface area contributed by atoms with Crippen LogP contribution in [-0.2, 0) is 0 Å². The first-order valence-corrected chi connectivity index (χ1v) is 18.1. The van der Waals surface area contributed by atoms with Crippen molar-refractivity contribution in [3.8, 4) is 6.07 Å². The van der Waals surface area contributed by atoms with Crippen molar-refractivity contribution in [2.24, 2.45) is 0 Å². The monoisotopic (exact) mass is 702 g/mol. The first-order valence-electron chi connectivity index (χ1n) is 18.1. The van der Waals surface area contributed by atoms with Gasteiger partial charge in [-0.1, -0.05) is 97.1 Å². The Morgan fingerprint density at radius 2 is 0.982 bits per heavy atom. The Kier molecular flexibility index (Phi) is 7.51. The van der Waals surface area contributed by atoms with Crippen LogP contribution in [0.4, 0.5) is 39.8 Å². The van der Waals surface area contributed by atoms with E-state index in [1.165, 1.54) is 10.8 Å². The molecule has 0 atom stereocenters. The first kappa shape index (κ1) is 31.8. The Bertz CT molecular complexity index is 3180. The maximum Gasteiger partial charge on any atom is 0.187 e. The summed E-state index contributed by atoms with van der Waals surface area (Å²) >= 11 is 0. The van der Waals surface area contributed by atoms with Crippen LogP contribution in [-0.4, -0.2) is 0 Å². The van der Waals surface area contributed by atoms with Crippen molar-refractivity contribution < 1.29 is 4.42 Å². The van der Waals surface area contributed by atoms with Crippen LogP contribution in [0.25, 0.3) is 59.1 Å². The van der Waals surface area contributed by atoms with E-state index in [0.717, 1.165) is 77.6 Å². The molecule has 0 fully saturated rings. The summed E-state index contributed by atoms with van der Waals surface area (Å²) in [5.74, 6) is 0. The van der Waals surface area contributed by atoms with E-state index in [4.69, 9.17) is 11.0 Å². The van der Waals surface area contributed by atoms with Crippen molar-refractivity contribution in [3.63, 3.8) is 0 Å². The second-order valence-corrected chi connectivity index (χ2v) is 13.6. The number of nitrogens with zero attached hydrogens (tertiary/aromatic N) is 4. The number of nitriles is 1. The van der Waals surface area contributed by atoms with Crippen LogP contribution in [0.1, 0.15) is 5.56 Å². The fourth-order valence-corrected chi connectivity index (χ4v) is 7.80. The molecule has 0 bridgehead atoms. The highest BCUT2D eigenvalue weighted by Gasteiger charge is 2.22.